The van der Waals surface area contributed by atoms with Crippen molar-refractivity contribution in [2.45, 2.75) is 38.9 Å². The Balaban J connectivity index is 2.03. The smallest absolute Gasteiger partial charge is 0.126 e. The molecule has 2 rings (SSSR count). The predicted octanol–water partition coefficient (Wildman–Crippen LogP) is 3.95. The summed E-state index contributed by atoms with van der Waals surface area (Å²) in [4.78, 5) is 0. The zero-order chi connectivity index (χ0) is 13.8. The van der Waals surface area contributed by atoms with Gasteiger partial charge in [-0.3, -0.25) is 0 Å². The van der Waals surface area contributed by atoms with Gasteiger partial charge in [0.2, 0.25) is 0 Å². The number of benzene rings is 1. The fourth-order valence-electron chi connectivity index (χ4n) is 2.44. The third-order valence-corrected chi connectivity index (χ3v) is 3.32. The molecule has 0 saturated carbocycles. The lowest BCUT2D eigenvalue weighted by Crippen LogP contribution is -2.22. The lowest BCUT2D eigenvalue weighted by atomic mass is 9.96. The molecule has 0 fully saturated rings. The molecule has 1 aliphatic carbocycles. The largest absolute Gasteiger partial charge is 0.498 e. The normalized spacial score (nSPS) is 19.7. The van der Waals surface area contributed by atoms with Crippen molar-refractivity contribution in [3.05, 3.63) is 46.7 Å². The second kappa shape index (κ2) is 6.15. The van der Waals surface area contributed by atoms with Crippen molar-refractivity contribution in [2.24, 2.45) is 0 Å². The molecule has 19 heavy (non-hydrogen) atoms. The van der Waals surface area contributed by atoms with Crippen LogP contribution in [0, 0.1) is 11.6 Å². The van der Waals surface area contributed by atoms with Crippen molar-refractivity contribution in [1.82, 2.24) is 0 Å². The van der Waals surface area contributed by atoms with Crippen LogP contribution in [0.15, 0.2) is 29.5 Å². The fraction of sp³-hybridized carbons (Fsp3) is 0.467. The number of halogens is 2. The zero-order valence-electron chi connectivity index (χ0n) is 11.2. The van der Waals surface area contributed by atoms with Gasteiger partial charge in [-0.2, -0.15) is 0 Å². The lowest BCUT2D eigenvalue weighted by Gasteiger charge is -2.26. The molecular weight excluding hydrogens is 250 g/mol. The highest BCUT2D eigenvalue weighted by Crippen LogP contribution is 2.28. The molecule has 0 spiro atoms. The first-order chi connectivity index (χ1) is 9.10. The molecule has 0 heterocycles. The van der Waals surface area contributed by atoms with E-state index in [-0.39, 0.29) is 12.7 Å². The second-order valence-corrected chi connectivity index (χ2v) is 4.82. The van der Waals surface area contributed by atoms with Crippen molar-refractivity contribution in [3.8, 4) is 0 Å². The Bertz CT molecular complexity index is 463. The van der Waals surface area contributed by atoms with Crippen molar-refractivity contribution in [2.75, 3.05) is 7.11 Å². The molecule has 104 valence electrons. The topological polar surface area (TPSA) is 18.5 Å². The van der Waals surface area contributed by atoms with Gasteiger partial charge in [0.05, 0.1) is 13.7 Å². The van der Waals surface area contributed by atoms with Crippen LogP contribution in [0.25, 0.3) is 0 Å². The van der Waals surface area contributed by atoms with Gasteiger partial charge in [-0.05, 0) is 49.5 Å². The molecule has 1 atom stereocenters. The van der Waals surface area contributed by atoms with E-state index in [2.05, 4.69) is 0 Å². The predicted molar refractivity (Wildman–Crippen MR) is 68.5 cm³/mol. The number of allylic oxidation sites excluding steroid dienone is 1. The summed E-state index contributed by atoms with van der Waals surface area (Å²) < 4.78 is 37.2. The fourth-order valence-corrected chi connectivity index (χ4v) is 2.44. The first-order valence-electron chi connectivity index (χ1n) is 6.40. The van der Waals surface area contributed by atoms with Crippen LogP contribution in [0.5, 0.6) is 0 Å². The van der Waals surface area contributed by atoms with Gasteiger partial charge in [-0.1, -0.05) is 0 Å². The molecule has 0 radical (unpaired) electrons. The molecule has 1 aromatic rings. The Hall–Kier alpha value is -1.42. The molecule has 1 unspecified atom stereocenters. The van der Waals surface area contributed by atoms with Crippen molar-refractivity contribution in [1.29, 1.82) is 0 Å². The van der Waals surface area contributed by atoms with Crippen LogP contribution in [0.4, 0.5) is 8.78 Å². The van der Waals surface area contributed by atoms with Crippen LogP contribution in [0.1, 0.15) is 31.7 Å². The Morgan fingerprint density at radius 3 is 2.53 bits per heavy atom. The summed E-state index contributed by atoms with van der Waals surface area (Å²) in [6.45, 7) is 2.20. The monoisotopic (exact) mass is 268 g/mol. The van der Waals surface area contributed by atoms with E-state index in [1.165, 1.54) is 17.7 Å². The number of methoxy groups -OCH3 is 1. The molecule has 0 saturated heterocycles. The van der Waals surface area contributed by atoms with E-state index in [9.17, 15) is 8.78 Å². The third kappa shape index (κ3) is 3.53. The standard InChI is InChI=1S/C15H18F2O2/c1-10-4-3-5-14(15(10)18-2)19-9-11-6-12(16)8-13(17)7-11/h6-8,14H,3-5,9H2,1-2H3. The van der Waals surface area contributed by atoms with Gasteiger partial charge in [0.25, 0.3) is 0 Å². The Kier molecular flexibility index (Phi) is 4.53. The summed E-state index contributed by atoms with van der Waals surface area (Å²) in [6, 6.07) is 3.43. The highest BCUT2D eigenvalue weighted by atomic mass is 19.1. The number of ether oxygens (including phenoxy) is 2. The number of hydrogen-bond acceptors (Lipinski definition) is 2. The van der Waals surface area contributed by atoms with Crippen LogP contribution in [0.3, 0.4) is 0 Å². The first-order valence-corrected chi connectivity index (χ1v) is 6.40. The summed E-state index contributed by atoms with van der Waals surface area (Å²) in [7, 11) is 1.63. The summed E-state index contributed by atoms with van der Waals surface area (Å²) >= 11 is 0. The molecular formula is C15H18F2O2. The van der Waals surface area contributed by atoms with Gasteiger partial charge >= 0.3 is 0 Å². The molecule has 4 heteroatoms. The third-order valence-electron chi connectivity index (χ3n) is 3.32. The second-order valence-electron chi connectivity index (χ2n) is 4.82. The first kappa shape index (κ1) is 14.0. The average molecular weight is 268 g/mol. The SMILES string of the molecule is COC1=C(C)CCCC1OCc1cc(F)cc(F)c1. The molecule has 0 aromatic heterocycles. The highest BCUT2D eigenvalue weighted by molar-refractivity contribution is 5.18. The molecule has 1 aliphatic rings. The molecule has 0 amide bonds. The highest BCUT2D eigenvalue weighted by Gasteiger charge is 2.22. The average Bonchev–Trinajstić information content (AvgIpc) is 2.35. The van der Waals surface area contributed by atoms with E-state index in [1.807, 2.05) is 6.92 Å². The van der Waals surface area contributed by atoms with Crippen LogP contribution < -0.4 is 0 Å². The van der Waals surface area contributed by atoms with Gasteiger partial charge < -0.3 is 9.47 Å². The van der Waals surface area contributed by atoms with Crippen molar-refractivity contribution in [3.63, 3.8) is 0 Å². The van der Waals surface area contributed by atoms with Gasteiger partial charge in [0.1, 0.15) is 23.5 Å². The van der Waals surface area contributed by atoms with Gasteiger partial charge in [0.15, 0.2) is 0 Å². The van der Waals surface area contributed by atoms with E-state index in [4.69, 9.17) is 9.47 Å². The Labute approximate surface area is 112 Å². The summed E-state index contributed by atoms with van der Waals surface area (Å²) in [6.07, 6.45) is 2.81. The van der Waals surface area contributed by atoms with Gasteiger partial charge in [-0.25, -0.2) is 8.78 Å². The summed E-state index contributed by atoms with van der Waals surface area (Å²) in [5.74, 6) is -0.315. The quantitative estimate of drug-likeness (QED) is 0.823. The minimum Gasteiger partial charge on any atom is -0.498 e. The van der Waals surface area contributed by atoms with Gasteiger partial charge in [0, 0.05) is 6.07 Å². The van der Waals surface area contributed by atoms with Crippen molar-refractivity contribution >= 4 is 0 Å². The van der Waals surface area contributed by atoms with E-state index in [0.29, 0.717) is 5.56 Å². The Morgan fingerprint density at radius 1 is 1.21 bits per heavy atom. The maximum atomic E-state index is 13.1. The van der Waals surface area contributed by atoms with E-state index >= 15 is 0 Å². The minimum atomic E-state index is -0.582. The molecule has 0 bridgehead atoms. The molecule has 0 N–H and O–H groups in total. The van der Waals surface area contributed by atoms with Crippen molar-refractivity contribution < 1.29 is 18.3 Å². The molecule has 1 aromatic carbocycles. The lowest BCUT2D eigenvalue weighted by molar-refractivity contribution is 0.0159. The van der Waals surface area contributed by atoms with Crippen LogP contribution in [0.2, 0.25) is 0 Å². The number of rotatable bonds is 4. The maximum Gasteiger partial charge on any atom is 0.126 e. The van der Waals surface area contributed by atoms with Gasteiger partial charge in [-0.15, -0.1) is 0 Å². The number of hydrogen-bond donors (Lipinski definition) is 0. The Morgan fingerprint density at radius 2 is 1.89 bits per heavy atom. The van der Waals surface area contributed by atoms with E-state index < -0.39 is 11.6 Å². The maximum absolute atomic E-state index is 13.1. The van der Waals surface area contributed by atoms with E-state index in [0.717, 1.165) is 31.1 Å². The van der Waals surface area contributed by atoms with Crippen LogP contribution in [-0.2, 0) is 16.1 Å². The van der Waals surface area contributed by atoms with Crippen LogP contribution >= 0.6 is 0 Å². The summed E-state index contributed by atoms with van der Waals surface area (Å²) in [5.41, 5.74) is 1.68. The zero-order valence-corrected chi connectivity index (χ0v) is 11.2. The molecule has 2 nitrogen and oxygen atoms in total. The summed E-state index contributed by atoms with van der Waals surface area (Å²) in [5, 5.41) is 0. The minimum absolute atomic E-state index is 0.120. The van der Waals surface area contributed by atoms with Crippen LogP contribution in [-0.4, -0.2) is 13.2 Å². The molecule has 0 aliphatic heterocycles. The van der Waals surface area contributed by atoms with E-state index in [1.54, 1.807) is 7.11 Å².